The van der Waals surface area contributed by atoms with Crippen LogP contribution >= 0.6 is 23.2 Å². The first-order valence-electron chi connectivity index (χ1n) is 10.1. The normalized spacial score (nSPS) is 10.7. The van der Waals surface area contributed by atoms with Crippen molar-refractivity contribution in [3.8, 4) is 17.2 Å². The molecule has 0 fully saturated rings. The van der Waals surface area contributed by atoms with Gasteiger partial charge < -0.3 is 20.1 Å². The number of pyridine rings is 1. The molecule has 0 bridgehead atoms. The summed E-state index contributed by atoms with van der Waals surface area (Å²) in [4.78, 5) is 26.3. The Morgan fingerprint density at radius 1 is 0.889 bits per heavy atom. The van der Waals surface area contributed by atoms with Crippen LogP contribution in [0.15, 0.2) is 89.9 Å². The molecule has 4 rings (SSSR count). The van der Waals surface area contributed by atoms with Crippen LogP contribution < -0.4 is 15.6 Å². The van der Waals surface area contributed by atoms with Crippen molar-refractivity contribution < 1.29 is 27.8 Å². The van der Waals surface area contributed by atoms with Crippen molar-refractivity contribution in [3.05, 3.63) is 117 Å². The number of anilines is 1. The van der Waals surface area contributed by atoms with Crippen LogP contribution in [0.3, 0.4) is 0 Å². The molecule has 1 amide bonds. The monoisotopic (exact) mass is 536 g/mol. The number of carbonyl (C=O) groups excluding carboxylic acids is 1. The van der Waals surface area contributed by atoms with Crippen molar-refractivity contribution in [2.75, 3.05) is 5.32 Å². The van der Waals surface area contributed by atoms with Gasteiger partial charge in [0.1, 0.15) is 17.2 Å². The minimum absolute atomic E-state index is 0.136. The van der Waals surface area contributed by atoms with Crippen LogP contribution in [0.5, 0.6) is 17.2 Å². The number of amides is 1. The number of phenols is 1. The van der Waals surface area contributed by atoms with Crippen LogP contribution in [-0.4, -0.2) is 16.0 Å². The first kappa shape index (κ1) is 26.7. The SMILES string of the molecule is O=C(Nc1cc[nH]c(=O)c1)c1ccc(C(F)(F)F)cc1Oc1ccc(Cl)cc1.Oc1ccc(Cl)cc1. The van der Waals surface area contributed by atoms with Crippen molar-refractivity contribution in [3.63, 3.8) is 0 Å². The van der Waals surface area contributed by atoms with E-state index in [2.05, 4.69) is 10.3 Å². The van der Waals surface area contributed by atoms with Crippen LogP contribution in [0.1, 0.15) is 15.9 Å². The molecule has 6 nitrogen and oxygen atoms in total. The van der Waals surface area contributed by atoms with Gasteiger partial charge in [0.15, 0.2) is 0 Å². The lowest BCUT2D eigenvalue weighted by molar-refractivity contribution is -0.137. The highest BCUT2D eigenvalue weighted by Crippen LogP contribution is 2.35. The van der Waals surface area contributed by atoms with E-state index in [-0.39, 0.29) is 28.5 Å². The lowest BCUT2D eigenvalue weighted by Crippen LogP contribution is -2.16. The van der Waals surface area contributed by atoms with Gasteiger partial charge in [0.25, 0.3) is 5.91 Å². The Morgan fingerprint density at radius 2 is 1.50 bits per heavy atom. The number of carbonyl (C=O) groups is 1. The van der Waals surface area contributed by atoms with E-state index in [1.165, 1.54) is 36.5 Å². The van der Waals surface area contributed by atoms with Crippen LogP contribution in [0.4, 0.5) is 18.9 Å². The number of hydrogen-bond acceptors (Lipinski definition) is 4. The number of H-pyrrole nitrogens is 1. The Kier molecular flexibility index (Phi) is 8.63. The van der Waals surface area contributed by atoms with Gasteiger partial charge in [0, 0.05) is 28.0 Å². The fourth-order valence-electron chi connectivity index (χ4n) is 2.76. The van der Waals surface area contributed by atoms with Gasteiger partial charge in [-0.05, 0) is 72.8 Å². The van der Waals surface area contributed by atoms with Crippen molar-refractivity contribution in [1.82, 2.24) is 4.98 Å². The maximum Gasteiger partial charge on any atom is 0.416 e. The summed E-state index contributed by atoms with van der Waals surface area (Å²) in [6.07, 6.45) is -3.28. The van der Waals surface area contributed by atoms with Crippen molar-refractivity contribution >= 4 is 34.8 Å². The summed E-state index contributed by atoms with van der Waals surface area (Å²) in [5.74, 6) is -0.578. The Labute approximate surface area is 212 Å². The molecule has 0 saturated heterocycles. The zero-order valence-corrected chi connectivity index (χ0v) is 19.7. The van der Waals surface area contributed by atoms with E-state index < -0.39 is 23.2 Å². The van der Waals surface area contributed by atoms with Crippen molar-refractivity contribution in [2.24, 2.45) is 0 Å². The van der Waals surface area contributed by atoms with Gasteiger partial charge in [0.2, 0.25) is 5.56 Å². The molecule has 186 valence electrons. The number of halogens is 5. The molecule has 3 aromatic carbocycles. The maximum absolute atomic E-state index is 13.1. The summed E-state index contributed by atoms with van der Waals surface area (Å²) in [7, 11) is 0. The lowest BCUT2D eigenvalue weighted by atomic mass is 10.1. The Bertz CT molecular complexity index is 1370. The average Bonchev–Trinajstić information content (AvgIpc) is 2.82. The van der Waals surface area contributed by atoms with Gasteiger partial charge in [-0.2, -0.15) is 13.2 Å². The summed E-state index contributed by atoms with van der Waals surface area (Å²) < 4.78 is 44.7. The molecule has 0 spiro atoms. The number of benzene rings is 3. The molecule has 36 heavy (non-hydrogen) atoms. The highest BCUT2D eigenvalue weighted by Gasteiger charge is 2.32. The number of ether oxygens (including phenoxy) is 1. The first-order valence-corrected chi connectivity index (χ1v) is 10.9. The summed E-state index contributed by atoms with van der Waals surface area (Å²) >= 11 is 11.3. The smallest absolute Gasteiger partial charge is 0.416 e. The molecule has 0 unspecified atom stereocenters. The third-order valence-corrected chi connectivity index (χ3v) is 4.96. The molecule has 0 aliphatic heterocycles. The third-order valence-electron chi connectivity index (χ3n) is 4.45. The van der Waals surface area contributed by atoms with E-state index in [0.29, 0.717) is 10.0 Å². The summed E-state index contributed by atoms with van der Waals surface area (Å²) in [6.45, 7) is 0. The van der Waals surface area contributed by atoms with E-state index in [9.17, 15) is 22.8 Å². The van der Waals surface area contributed by atoms with Gasteiger partial charge in [-0.1, -0.05) is 23.2 Å². The molecule has 0 atom stereocenters. The number of phenolic OH excluding ortho intramolecular Hbond substituents is 1. The topological polar surface area (TPSA) is 91.4 Å². The Hall–Kier alpha value is -3.95. The number of aromatic amines is 1. The zero-order valence-electron chi connectivity index (χ0n) is 18.1. The first-order chi connectivity index (χ1) is 17.0. The van der Waals surface area contributed by atoms with E-state index in [1.54, 1.807) is 24.3 Å². The van der Waals surface area contributed by atoms with Crippen molar-refractivity contribution in [2.45, 2.75) is 6.18 Å². The highest BCUT2D eigenvalue weighted by molar-refractivity contribution is 6.30. The van der Waals surface area contributed by atoms with Crippen molar-refractivity contribution in [1.29, 1.82) is 0 Å². The molecule has 3 N–H and O–H groups in total. The minimum Gasteiger partial charge on any atom is -0.508 e. The molecular formula is C25H17Cl2F3N2O4. The summed E-state index contributed by atoms with van der Waals surface area (Å²) in [6, 6.07) is 17.4. The Balaban J connectivity index is 0.000000383. The molecule has 1 heterocycles. The number of alkyl halides is 3. The van der Waals surface area contributed by atoms with Gasteiger partial charge in [-0.3, -0.25) is 9.59 Å². The van der Waals surface area contributed by atoms with Crippen LogP contribution in [0.2, 0.25) is 10.0 Å². The molecule has 0 aliphatic carbocycles. The second-order valence-corrected chi connectivity index (χ2v) is 8.01. The number of rotatable bonds is 4. The standard InChI is InChI=1S/C19H12ClF3N2O3.C6H5ClO/c20-12-2-4-14(5-3-12)28-16-9-11(19(21,22)23)1-6-15(16)18(27)25-13-7-8-24-17(26)10-13;7-5-1-3-6(8)4-2-5/h1-10H,(H2,24,25,26,27);1-4,8H. The Morgan fingerprint density at radius 3 is 2.06 bits per heavy atom. The van der Waals surface area contributed by atoms with Gasteiger partial charge in [-0.15, -0.1) is 0 Å². The van der Waals surface area contributed by atoms with E-state index in [4.69, 9.17) is 33.0 Å². The second-order valence-electron chi connectivity index (χ2n) is 7.14. The van der Waals surface area contributed by atoms with Crippen LogP contribution in [0, 0.1) is 0 Å². The largest absolute Gasteiger partial charge is 0.508 e. The summed E-state index contributed by atoms with van der Waals surface area (Å²) in [5.41, 5.74) is -1.36. The molecule has 0 radical (unpaired) electrons. The highest BCUT2D eigenvalue weighted by atomic mass is 35.5. The lowest BCUT2D eigenvalue weighted by Gasteiger charge is -2.14. The number of aromatic nitrogens is 1. The minimum atomic E-state index is -4.61. The maximum atomic E-state index is 13.1. The van der Waals surface area contributed by atoms with E-state index in [1.807, 2.05) is 0 Å². The van der Waals surface area contributed by atoms with Crippen LogP contribution in [-0.2, 0) is 6.18 Å². The molecule has 4 aromatic rings. The van der Waals surface area contributed by atoms with Gasteiger partial charge in [-0.25, -0.2) is 0 Å². The number of hydrogen-bond donors (Lipinski definition) is 3. The van der Waals surface area contributed by atoms with E-state index in [0.717, 1.165) is 24.3 Å². The van der Waals surface area contributed by atoms with Crippen LogP contribution in [0.25, 0.3) is 0 Å². The summed E-state index contributed by atoms with van der Waals surface area (Å²) in [5, 5.41) is 12.2. The second kappa shape index (κ2) is 11.7. The predicted octanol–water partition coefficient (Wildman–Crippen LogP) is 7.14. The molecule has 11 heteroatoms. The van der Waals surface area contributed by atoms with Gasteiger partial charge in [0.05, 0.1) is 11.1 Å². The quantitative estimate of drug-likeness (QED) is 0.258. The van der Waals surface area contributed by atoms with Gasteiger partial charge >= 0.3 is 6.18 Å². The zero-order chi connectivity index (χ0) is 26.3. The fraction of sp³-hybridized carbons (Fsp3) is 0.0400. The number of aromatic hydroxyl groups is 1. The fourth-order valence-corrected chi connectivity index (χ4v) is 3.01. The molecule has 0 aliphatic rings. The van der Waals surface area contributed by atoms with E-state index >= 15 is 0 Å². The molecular weight excluding hydrogens is 520 g/mol. The number of nitrogens with one attached hydrogen (secondary N) is 2. The molecule has 1 aromatic heterocycles. The average molecular weight is 537 g/mol. The molecule has 0 saturated carbocycles. The predicted molar refractivity (Wildman–Crippen MR) is 131 cm³/mol. The third kappa shape index (κ3) is 7.79.